The number of methoxy groups -OCH3 is 1. The number of halogens is 3. The van der Waals surface area contributed by atoms with E-state index in [4.69, 9.17) is 4.74 Å². The van der Waals surface area contributed by atoms with E-state index in [0.29, 0.717) is 30.1 Å². The Balaban J connectivity index is 1.83. The zero-order chi connectivity index (χ0) is 31.9. The highest BCUT2D eigenvalue weighted by Crippen LogP contribution is 2.39. The summed E-state index contributed by atoms with van der Waals surface area (Å²) in [6.07, 6.45) is 0.198. The molecule has 0 bridgehead atoms. The third kappa shape index (κ3) is 9.04. The smallest absolute Gasteiger partial charge is 0.419 e. The molecule has 2 N–H and O–H groups in total. The van der Waals surface area contributed by atoms with Gasteiger partial charge in [0.15, 0.2) is 0 Å². The van der Waals surface area contributed by atoms with Gasteiger partial charge in [0.25, 0.3) is 5.91 Å². The molecule has 12 heteroatoms. The number of anilines is 2. The number of alkyl halides is 3. The van der Waals surface area contributed by atoms with Gasteiger partial charge in [-0.2, -0.15) is 13.2 Å². The molecule has 2 amide bonds. The highest BCUT2D eigenvalue weighted by atomic mass is 19.4. The number of carbonyl (C=O) groups excluding carboxylic acids is 2. The van der Waals surface area contributed by atoms with Gasteiger partial charge in [-0.3, -0.25) is 9.59 Å². The summed E-state index contributed by atoms with van der Waals surface area (Å²) in [5.41, 5.74) is -0.159. The second-order valence-corrected chi connectivity index (χ2v) is 11.8. The minimum Gasteiger partial charge on any atom is -0.495 e. The van der Waals surface area contributed by atoms with Crippen molar-refractivity contribution in [2.24, 2.45) is 17.8 Å². The van der Waals surface area contributed by atoms with Gasteiger partial charge in [-0.1, -0.05) is 26.7 Å². The number of nitrogens with one attached hydrogen (secondary N) is 2. The van der Waals surface area contributed by atoms with E-state index in [9.17, 15) is 22.8 Å². The van der Waals surface area contributed by atoms with Crippen molar-refractivity contribution in [1.82, 2.24) is 25.1 Å². The van der Waals surface area contributed by atoms with Crippen LogP contribution >= 0.6 is 0 Å². The maximum absolute atomic E-state index is 14.0. The molecule has 0 spiro atoms. The lowest BCUT2D eigenvalue weighted by atomic mass is 9.71. The zero-order valence-electron chi connectivity index (χ0n) is 26.2. The molecule has 4 unspecified atom stereocenters. The van der Waals surface area contributed by atoms with E-state index in [1.807, 2.05) is 33.0 Å². The monoisotopic (exact) mass is 606 g/mol. The Hall–Kier alpha value is -3.41. The lowest BCUT2D eigenvalue weighted by Gasteiger charge is -2.42. The van der Waals surface area contributed by atoms with Gasteiger partial charge >= 0.3 is 6.18 Å². The summed E-state index contributed by atoms with van der Waals surface area (Å²) >= 11 is 0. The van der Waals surface area contributed by atoms with Crippen molar-refractivity contribution >= 4 is 23.5 Å². The van der Waals surface area contributed by atoms with Crippen molar-refractivity contribution in [3.63, 3.8) is 0 Å². The van der Waals surface area contributed by atoms with Crippen molar-refractivity contribution < 1.29 is 27.5 Å². The molecule has 1 aliphatic carbocycles. The lowest BCUT2D eigenvalue weighted by Crippen LogP contribution is -2.46. The van der Waals surface area contributed by atoms with E-state index >= 15 is 0 Å². The molecule has 1 saturated carbocycles. The predicted molar refractivity (Wildman–Crippen MR) is 160 cm³/mol. The molecule has 4 atom stereocenters. The Bertz CT molecular complexity index is 1260. The fraction of sp³-hybridized carbons (Fsp3) is 0.613. The molecule has 1 heterocycles. The minimum absolute atomic E-state index is 0.00352. The van der Waals surface area contributed by atoms with Crippen LogP contribution in [0.4, 0.5) is 24.8 Å². The van der Waals surface area contributed by atoms with Gasteiger partial charge in [0.1, 0.15) is 5.75 Å². The van der Waals surface area contributed by atoms with Crippen molar-refractivity contribution in [2.45, 2.75) is 65.1 Å². The average Bonchev–Trinajstić information content (AvgIpc) is 2.95. The Morgan fingerprint density at radius 1 is 1.14 bits per heavy atom. The number of ether oxygens (including phenoxy) is 1. The highest BCUT2D eigenvalue weighted by molar-refractivity contribution is 5.95. The molecule has 9 nitrogen and oxygen atoms in total. The van der Waals surface area contributed by atoms with Gasteiger partial charge in [0.2, 0.25) is 11.9 Å². The van der Waals surface area contributed by atoms with E-state index in [1.165, 1.54) is 7.11 Å². The number of rotatable bonds is 12. The molecule has 1 aromatic carbocycles. The number of carbonyl (C=O) groups is 2. The van der Waals surface area contributed by atoms with E-state index in [1.54, 1.807) is 30.0 Å². The lowest BCUT2D eigenvalue weighted by molar-refractivity contribution is -0.139. The van der Waals surface area contributed by atoms with Gasteiger partial charge in [-0.05, 0) is 69.3 Å². The van der Waals surface area contributed by atoms with E-state index in [-0.39, 0.29) is 53.7 Å². The summed E-state index contributed by atoms with van der Waals surface area (Å²) in [6, 6.07) is 4.84. The maximum Gasteiger partial charge on any atom is 0.419 e. The molecule has 2 aromatic rings. The van der Waals surface area contributed by atoms with E-state index in [2.05, 4.69) is 27.5 Å². The molecular formula is C31H45F3N6O3. The SMILES string of the molecule is COc1cc(C(=O)NCCN(C)C)ccc1Nc1ncc(C(F)(F)F)c(CC(C)C(C)C2CCCCC2N(C)C(C)=O)n1. The predicted octanol–water partition coefficient (Wildman–Crippen LogP) is 5.39. The number of hydrogen-bond donors (Lipinski definition) is 2. The molecule has 1 aromatic heterocycles. The van der Waals surface area contributed by atoms with Crippen LogP contribution < -0.4 is 15.4 Å². The number of likely N-dealkylation sites (N-methyl/N-ethyl adjacent to an activating group) is 1. The molecule has 3 rings (SSSR count). The van der Waals surface area contributed by atoms with Crippen molar-refractivity contribution in [2.75, 3.05) is 46.7 Å². The molecular weight excluding hydrogens is 561 g/mol. The summed E-state index contributed by atoms with van der Waals surface area (Å²) in [5.74, 6) is 0.176. The van der Waals surface area contributed by atoms with Gasteiger partial charge < -0.3 is 25.2 Å². The van der Waals surface area contributed by atoms with Crippen LogP contribution in [0.3, 0.4) is 0 Å². The van der Waals surface area contributed by atoms with Gasteiger partial charge in [0, 0.05) is 44.9 Å². The van der Waals surface area contributed by atoms with Crippen LogP contribution in [0.5, 0.6) is 5.75 Å². The minimum atomic E-state index is -4.61. The number of amides is 2. The molecule has 43 heavy (non-hydrogen) atoms. The number of nitrogens with zero attached hydrogens (tertiary/aromatic N) is 4. The van der Waals surface area contributed by atoms with Gasteiger partial charge in [-0.15, -0.1) is 0 Å². The standard InChI is InChI=1S/C31H45F3N6O3/c1-19(20(2)23-10-8-9-11-27(23)40(6)21(3)41)16-26-24(31(32,33)34)18-36-30(38-26)37-25-13-12-22(17-28(25)43-7)29(42)35-14-15-39(4)5/h12-13,17-20,23,27H,8-11,14-16H2,1-7H3,(H,35,42)(H,36,37,38). The van der Waals surface area contributed by atoms with E-state index < -0.39 is 11.7 Å². The summed E-state index contributed by atoms with van der Waals surface area (Å²) in [5, 5.41) is 5.81. The van der Waals surface area contributed by atoms with Crippen LogP contribution in [0.2, 0.25) is 0 Å². The van der Waals surface area contributed by atoms with Crippen LogP contribution in [0, 0.1) is 17.8 Å². The maximum atomic E-state index is 14.0. The van der Waals surface area contributed by atoms with Crippen molar-refractivity contribution in [1.29, 1.82) is 0 Å². The molecule has 238 valence electrons. The van der Waals surface area contributed by atoms with Crippen LogP contribution in [0.15, 0.2) is 24.4 Å². The van der Waals surface area contributed by atoms with Crippen LogP contribution in [0.25, 0.3) is 0 Å². The highest BCUT2D eigenvalue weighted by Gasteiger charge is 2.38. The first-order chi connectivity index (χ1) is 20.2. The third-order valence-electron chi connectivity index (χ3n) is 8.59. The second-order valence-electron chi connectivity index (χ2n) is 11.8. The summed E-state index contributed by atoms with van der Waals surface area (Å²) in [6.45, 7) is 6.73. The molecule has 1 fully saturated rings. The summed E-state index contributed by atoms with van der Waals surface area (Å²) in [7, 11) is 7.07. The van der Waals surface area contributed by atoms with E-state index in [0.717, 1.165) is 31.9 Å². The zero-order valence-corrected chi connectivity index (χ0v) is 26.2. The first-order valence-electron chi connectivity index (χ1n) is 14.8. The molecule has 0 radical (unpaired) electrons. The fourth-order valence-electron chi connectivity index (χ4n) is 5.80. The quantitative estimate of drug-likeness (QED) is 0.334. The molecule has 1 aliphatic rings. The Kier molecular flexibility index (Phi) is 11.8. The van der Waals surface area contributed by atoms with Crippen molar-refractivity contribution in [3.05, 3.63) is 41.2 Å². The summed E-state index contributed by atoms with van der Waals surface area (Å²) < 4.78 is 47.6. The Morgan fingerprint density at radius 3 is 2.47 bits per heavy atom. The van der Waals surface area contributed by atoms with Crippen LogP contribution in [0.1, 0.15) is 68.1 Å². The van der Waals surface area contributed by atoms with Crippen molar-refractivity contribution in [3.8, 4) is 5.75 Å². The Labute approximate surface area is 252 Å². The van der Waals surface area contributed by atoms with Gasteiger partial charge in [0.05, 0.1) is 24.1 Å². The van der Waals surface area contributed by atoms with Gasteiger partial charge in [-0.25, -0.2) is 9.97 Å². The number of aromatic nitrogens is 2. The average molecular weight is 607 g/mol. The second kappa shape index (κ2) is 14.9. The molecule has 0 saturated heterocycles. The normalized spacial score (nSPS) is 18.6. The number of benzene rings is 1. The summed E-state index contributed by atoms with van der Waals surface area (Å²) in [4.78, 5) is 36.7. The fourth-order valence-corrected chi connectivity index (χ4v) is 5.80. The first-order valence-corrected chi connectivity index (χ1v) is 14.8. The number of hydrogen-bond acceptors (Lipinski definition) is 7. The third-order valence-corrected chi connectivity index (χ3v) is 8.59. The van der Waals surface area contributed by atoms with Crippen LogP contribution in [-0.4, -0.2) is 79.0 Å². The van der Waals surface area contributed by atoms with Crippen LogP contribution in [-0.2, 0) is 17.4 Å². The topological polar surface area (TPSA) is 99.7 Å². The largest absolute Gasteiger partial charge is 0.495 e. The Morgan fingerprint density at radius 2 is 1.84 bits per heavy atom. The molecule has 0 aliphatic heterocycles. The first kappa shape index (κ1) is 34.1.